The lowest BCUT2D eigenvalue weighted by molar-refractivity contribution is 0.0684. The second kappa shape index (κ2) is 8.78. The normalized spacial score (nSPS) is 20.4. The third kappa shape index (κ3) is 3.86. The van der Waals surface area contributed by atoms with Crippen molar-refractivity contribution < 1.29 is 14.0 Å². The summed E-state index contributed by atoms with van der Waals surface area (Å²) < 4.78 is 14.3. The predicted molar refractivity (Wildman–Crippen MR) is 138 cm³/mol. The molecule has 6 rings (SSSR count). The minimum Gasteiger partial charge on any atom is -0.350 e. The molecule has 0 spiro atoms. The maximum atomic E-state index is 14.3. The van der Waals surface area contributed by atoms with Gasteiger partial charge in [-0.2, -0.15) is 0 Å². The molecule has 1 saturated carbocycles. The standard InChI is InChI=1S/C28H25FN4O2S/c1-15-20(8-4-10-22(15)29)26-25(32-16(2)36-26)28(35)33-19(12-18-13-23(18)33)14-31-27(34)21-9-3-6-17-7-5-11-30-24(17)21/h3-11,18-19,23H,12-14H2,1-2H3,(H,31,34)/t18-,19+,23+/m1/s1. The SMILES string of the molecule is Cc1nc(C(=O)N2[C@H](CNC(=O)c3cccc4cccnc34)C[C@@H]3C[C@@H]32)c(-c2cccc(F)c2C)s1. The van der Waals surface area contributed by atoms with Gasteiger partial charge in [0.25, 0.3) is 11.8 Å². The maximum absolute atomic E-state index is 14.3. The van der Waals surface area contributed by atoms with Crippen LogP contribution in [0.4, 0.5) is 4.39 Å². The Balaban J connectivity index is 1.25. The highest BCUT2D eigenvalue weighted by atomic mass is 32.1. The summed E-state index contributed by atoms with van der Waals surface area (Å²) >= 11 is 1.41. The average Bonchev–Trinajstić information content (AvgIpc) is 3.38. The number of benzene rings is 2. The molecule has 1 aliphatic carbocycles. The van der Waals surface area contributed by atoms with Crippen LogP contribution in [-0.4, -0.2) is 45.3 Å². The molecule has 1 N–H and O–H groups in total. The molecule has 2 fully saturated rings. The van der Waals surface area contributed by atoms with Gasteiger partial charge in [0, 0.05) is 24.2 Å². The van der Waals surface area contributed by atoms with Gasteiger partial charge in [-0.15, -0.1) is 11.3 Å². The molecular formula is C28H25FN4O2S. The van der Waals surface area contributed by atoms with Gasteiger partial charge < -0.3 is 10.2 Å². The summed E-state index contributed by atoms with van der Waals surface area (Å²) in [6, 6.07) is 14.3. The van der Waals surface area contributed by atoms with E-state index in [1.807, 2.05) is 42.2 Å². The van der Waals surface area contributed by atoms with Crippen molar-refractivity contribution in [3.8, 4) is 10.4 Å². The van der Waals surface area contributed by atoms with Crippen molar-refractivity contribution in [2.24, 2.45) is 5.92 Å². The molecule has 0 unspecified atom stereocenters. The number of hydrogen-bond donors (Lipinski definition) is 1. The van der Waals surface area contributed by atoms with Crippen molar-refractivity contribution >= 4 is 34.1 Å². The summed E-state index contributed by atoms with van der Waals surface area (Å²) in [5.74, 6) is -0.194. The molecule has 36 heavy (non-hydrogen) atoms. The zero-order valence-electron chi connectivity index (χ0n) is 20.0. The van der Waals surface area contributed by atoms with Gasteiger partial charge in [0.05, 0.1) is 27.0 Å². The number of nitrogens with one attached hydrogen (secondary N) is 1. The first-order valence-electron chi connectivity index (χ1n) is 12.1. The first kappa shape index (κ1) is 22.8. The number of aromatic nitrogens is 2. The number of amides is 2. The lowest BCUT2D eigenvalue weighted by atomic mass is 10.0. The summed E-state index contributed by atoms with van der Waals surface area (Å²) in [7, 11) is 0. The first-order valence-corrected chi connectivity index (χ1v) is 12.9. The van der Waals surface area contributed by atoms with Crippen molar-refractivity contribution in [1.29, 1.82) is 0 Å². The Bertz CT molecular complexity index is 1510. The van der Waals surface area contributed by atoms with Gasteiger partial charge in [0.2, 0.25) is 0 Å². The smallest absolute Gasteiger partial charge is 0.274 e. The number of likely N-dealkylation sites (tertiary alicyclic amines) is 1. The number of fused-ring (bicyclic) bond motifs is 2. The van der Waals surface area contributed by atoms with Gasteiger partial charge in [-0.3, -0.25) is 14.6 Å². The Morgan fingerprint density at radius 1 is 1.11 bits per heavy atom. The molecule has 0 radical (unpaired) electrons. The van der Waals surface area contributed by atoms with E-state index in [2.05, 4.69) is 15.3 Å². The van der Waals surface area contributed by atoms with E-state index in [0.717, 1.165) is 23.2 Å². The topological polar surface area (TPSA) is 75.2 Å². The van der Waals surface area contributed by atoms with E-state index in [1.165, 1.54) is 17.4 Å². The third-order valence-corrected chi connectivity index (χ3v) is 8.27. The number of rotatable bonds is 5. The molecule has 2 aromatic heterocycles. The van der Waals surface area contributed by atoms with Crippen molar-refractivity contribution in [2.45, 2.75) is 38.8 Å². The Hall–Kier alpha value is -3.65. The van der Waals surface area contributed by atoms with Gasteiger partial charge in [-0.05, 0) is 61.9 Å². The minimum absolute atomic E-state index is 0.114. The van der Waals surface area contributed by atoms with Crippen LogP contribution in [-0.2, 0) is 0 Å². The van der Waals surface area contributed by atoms with Crippen LogP contribution in [0, 0.1) is 25.6 Å². The van der Waals surface area contributed by atoms with E-state index in [1.54, 1.807) is 25.3 Å². The van der Waals surface area contributed by atoms with Gasteiger partial charge in [-0.25, -0.2) is 9.37 Å². The van der Waals surface area contributed by atoms with Crippen LogP contribution in [0.3, 0.4) is 0 Å². The average molecular weight is 501 g/mol. The predicted octanol–water partition coefficient (Wildman–Crippen LogP) is 5.15. The maximum Gasteiger partial charge on any atom is 0.274 e. The lowest BCUT2D eigenvalue weighted by Gasteiger charge is -2.28. The van der Waals surface area contributed by atoms with Crippen LogP contribution < -0.4 is 5.32 Å². The highest BCUT2D eigenvalue weighted by Gasteiger charge is 2.54. The van der Waals surface area contributed by atoms with E-state index in [0.29, 0.717) is 45.2 Å². The second-order valence-electron chi connectivity index (χ2n) is 9.58. The third-order valence-electron chi connectivity index (χ3n) is 7.27. The summed E-state index contributed by atoms with van der Waals surface area (Å²) in [4.78, 5) is 38.5. The molecule has 4 aromatic rings. The Labute approximate surface area is 212 Å². The second-order valence-corrected chi connectivity index (χ2v) is 10.8. The van der Waals surface area contributed by atoms with E-state index in [-0.39, 0.29) is 29.7 Å². The summed E-state index contributed by atoms with van der Waals surface area (Å²) in [6.45, 7) is 3.94. The number of carbonyl (C=O) groups is 2. The van der Waals surface area contributed by atoms with Gasteiger partial charge in [-0.1, -0.05) is 30.3 Å². The fourth-order valence-corrected chi connectivity index (χ4v) is 6.37. The lowest BCUT2D eigenvalue weighted by Crippen LogP contribution is -2.45. The van der Waals surface area contributed by atoms with Crippen molar-refractivity contribution in [3.05, 3.63) is 82.4 Å². The molecular weight excluding hydrogens is 475 g/mol. The first-order chi connectivity index (χ1) is 17.4. The zero-order valence-corrected chi connectivity index (χ0v) is 20.8. The number of hydrogen-bond acceptors (Lipinski definition) is 5. The number of piperidine rings is 1. The number of carbonyl (C=O) groups excluding carboxylic acids is 2. The molecule has 182 valence electrons. The van der Waals surface area contributed by atoms with Crippen LogP contribution in [0.1, 0.15) is 44.3 Å². The monoisotopic (exact) mass is 500 g/mol. The number of thiazole rings is 1. The minimum atomic E-state index is -0.302. The van der Waals surface area contributed by atoms with Gasteiger partial charge >= 0.3 is 0 Å². The molecule has 3 heterocycles. The quantitative estimate of drug-likeness (QED) is 0.411. The Kier molecular flexibility index (Phi) is 5.56. The molecule has 6 nitrogen and oxygen atoms in total. The van der Waals surface area contributed by atoms with Crippen molar-refractivity contribution in [3.63, 3.8) is 0 Å². The number of halogens is 1. The van der Waals surface area contributed by atoms with Crippen molar-refractivity contribution in [1.82, 2.24) is 20.2 Å². The summed E-state index contributed by atoms with van der Waals surface area (Å²) in [5.41, 5.74) is 2.76. The summed E-state index contributed by atoms with van der Waals surface area (Å²) in [5, 5.41) is 4.71. The highest BCUT2D eigenvalue weighted by molar-refractivity contribution is 7.15. The molecule has 2 amide bonds. The van der Waals surface area contributed by atoms with Crippen LogP contribution in [0.5, 0.6) is 0 Å². The highest BCUT2D eigenvalue weighted by Crippen LogP contribution is 2.49. The molecule has 1 aliphatic heterocycles. The number of nitrogens with zero attached hydrogens (tertiary/aromatic N) is 3. The van der Waals surface area contributed by atoms with Crippen LogP contribution in [0.2, 0.25) is 0 Å². The van der Waals surface area contributed by atoms with E-state index < -0.39 is 0 Å². The number of aryl methyl sites for hydroxylation is 1. The molecule has 2 aromatic carbocycles. The van der Waals surface area contributed by atoms with E-state index >= 15 is 0 Å². The fraction of sp³-hybridized carbons (Fsp3) is 0.286. The molecule has 0 bridgehead atoms. The van der Waals surface area contributed by atoms with Crippen LogP contribution in [0.15, 0.2) is 54.7 Å². The van der Waals surface area contributed by atoms with Gasteiger partial charge in [0.15, 0.2) is 0 Å². The summed E-state index contributed by atoms with van der Waals surface area (Å²) in [6.07, 6.45) is 3.50. The Morgan fingerprint density at radius 3 is 2.78 bits per heavy atom. The van der Waals surface area contributed by atoms with Crippen LogP contribution in [0.25, 0.3) is 21.3 Å². The van der Waals surface area contributed by atoms with E-state index in [9.17, 15) is 14.0 Å². The molecule has 2 aliphatic rings. The fourth-order valence-electron chi connectivity index (χ4n) is 5.38. The van der Waals surface area contributed by atoms with Gasteiger partial charge in [0.1, 0.15) is 11.5 Å². The van der Waals surface area contributed by atoms with E-state index in [4.69, 9.17) is 0 Å². The molecule has 8 heteroatoms. The number of pyridine rings is 1. The van der Waals surface area contributed by atoms with Crippen LogP contribution >= 0.6 is 11.3 Å². The number of para-hydroxylation sites is 1. The molecule has 3 atom stereocenters. The zero-order chi connectivity index (χ0) is 25.0. The molecule has 1 saturated heterocycles. The Morgan fingerprint density at radius 2 is 1.92 bits per heavy atom. The largest absolute Gasteiger partial charge is 0.350 e. The van der Waals surface area contributed by atoms with Crippen molar-refractivity contribution in [2.75, 3.05) is 6.54 Å².